The van der Waals surface area contributed by atoms with Crippen molar-refractivity contribution >= 4 is 11.9 Å². The van der Waals surface area contributed by atoms with E-state index in [2.05, 4.69) is 0 Å². The van der Waals surface area contributed by atoms with Gasteiger partial charge in [0.2, 0.25) is 5.91 Å². The van der Waals surface area contributed by atoms with Crippen LogP contribution in [0.5, 0.6) is 5.75 Å². The minimum absolute atomic E-state index is 0.0987. The van der Waals surface area contributed by atoms with Gasteiger partial charge in [0.05, 0.1) is 12.0 Å². The van der Waals surface area contributed by atoms with E-state index in [4.69, 9.17) is 9.84 Å². The molecule has 0 fully saturated rings. The second-order valence-electron chi connectivity index (χ2n) is 5.46. The number of hydrogen-bond donors (Lipinski definition) is 1. The highest BCUT2D eigenvalue weighted by molar-refractivity contribution is 5.84. The van der Waals surface area contributed by atoms with Crippen LogP contribution in [0.3, 0.4) is 0 Å². The Kier molecular flexibility index (Phi) is 5.69. The molecule has 1 aromatic carbocycles. The van der Waals surface area contributed by atoms with Gasteiger partial charge in [0.15, 0.2) is 11.6 Å². The molecule has 116 valence electrons. The third-order valence-corrected chi connectivity index (χ3v) is 3.12. The van der Waals surface area contributed by atoms with Crippen molar-refractivity contribution in [3.05, 3.63) is 30.1 Å². The first-order chi connectivity index (χ1) is 9.74. The normalized spacial score (nSPS) is 11.0. The van der Waals surface area contributed by atoms with Crippen LogP contribution in [0.4, 0.5) is 4.39 Å². The zero-order valence-corrected chi connectivity index (χ0v) is 12.4. The van der Waals surface area contributed by atoms with Crippen molar-refractivity contribution in [2.45, 2.75) is 20.3 Å². The van der Waals surface area contributed by atoms with Crippen molar-refractivity contribution in [1.29, 1.82) is 0 Å². The van der Waals surface area contributed by atoms with Crippen molar-refractivity contribution in [2.75, 3.05) is 20.2 Å². The molecule has 0 unspecified atom stereocenters. The number of amides is 1. The van der Waals surface area contributed by atoms with Gasteiger partial charge in [-0.1, -0.05) is 12.1 Å². The van der Waals surface area contributed by atoms with E-state index in [1.165, 1.54) is 30.9 Å². The highest BCUT2D eigenvalue weighted by Crippen LogP contribution is 2.21. The van der Waals surface area contributed by atoms with Crippen molar-refractivity contribution in [3.8, 4) is 5.75 Å². The number of carboxylic acid groups (broad SMARTS) is 1. The molecule has 0 saturated heterocycles. The lowest BCUT2D eigenvalue weighted by molar-refractivity contribution is -0.151. The van der Waals surface area contributed by atoms with Gasteiger partial charge in [-0.3, -0.25) is 9.59 Å². The summed E-state index contributed by atoms with van der Waals surface area (Å²) in [6, 6.07) is 6.01. The van der Waals surface area contributed by atoms with E-state index in [-0.39, 0.29) is 31.2 Å². The summed E-state index contributed by atoms with van der Waals surface area (Å²) < 4.78 is 18.6. The number of halogens is 1. The molecule has 0 radical (unpaired) electrons. The zero-order valence-electron chi connectivity index (χ0n) is 12.4. The molecular formula is C15H20FNO4. The molecule has 1 amide bonds. The highest BCUT2D eigenvalue weighted by Gasteiger charge is 2.31. The maximum atomic E-state index is 13.3. The number of nitrogens with zero attached hydrogens (tertiary/aromatic N) is 1. The zero-order chi connectivity index (χ0) is 16.0. The number of carboxylic acids is 1. The molecule has 0 aliphatic carbocycles. The quantitative estimate of drug-likeness (QED) is 0.837. The SMILES string of the molecule is CN(CCOc1ccccc1F)C(=O)CC(C)(C)C(=O)O. The third kappa shape index (κ3) is 5.06. The number of carbonyl (C=O) groups excluding carboxylic acids is 1. The van der Waals surface area contributed by atoms with Crippen LogP contribution in [0, 0.1) is 11.2 Å². The second-order valence-corrected chi connectivity index (χ2v) is 5.46. The fraction of sp³-hybridized carbons (Fsp3) is 0.467. The summed E-state index contributed by atoms with van der Waals surface area (Å²) in [6.07, 6.45) is -0.0987. The van der Waals surface area contributed by atoms with Gasteiger partial charge in [0.1, 0.15) is 6.61 Å². The van der Waals surface area contributed by atoms with Gasteiger partial charge in [0, 0.05) is 13.5 Å². The first-order valence-corrected chi connectivity index (χ1v) is 6.59. The number of hydrogen-bond acceptors (Lipinski definition) is 3. The summed E-state index contributed by atoms with van der Waals surface area (Å²) in [7, 11) is 1.56. The minimum Gasteiger partial charge on any atom is -0.489 e. The van der Waals surface area contributed by atoms with Crippen LogP contribution >= 0.6 is 0 Å². The van der Waals surface area contributed by atoms with Gasteiger partial charge in [-0.25, -0.2) is 4.39 Å². The second kappa shape index (κ2) is 7.06. The average Bonchev–Trinajstić information content (AvgIpc) is 2.40. The molecule has 0 bridgehead atoms. The van der Waals surface area contributed by atoms with Crippen LogP contribution in [0.2, 0.25) is 0 Å². The molecule has 1 N–H and O–H groups in total. The third-order valence-electron chi connectivity index (χ3n) is 3.12. The minimum atomic E-state index is -1.11. The fourth-order valence-corrected chi connectivity index (χ4v) is 1.57. The number of rotatable bonds is 7. The molecule has 0 aliphatic rings. The molecule has 0 spiro atoms. The number of carbonyl (C=O) groups is 2. The number of para-hydroxylation sites is 1. The number of likely N-dealkylation sites (N-methyl/N-ethyl adjacent to an activating group) is 1. The van der Waals surface area contributed by atoms with Crippen LogP contribution in [-0.4, -0.2) is 42.1 Å². The van der Waals surface area contributed by atoms with Gasteiger partial charge >= 0.3 is 5.97 Å². The van der Waals surface area contributed by atoms with E-state index in [1.807, 2.05) is 0 Å². The Hall–Kier alpha value is -2.11. The van der Waals surface area contributed by atoms with E-state index >= 15 is 0 Å². The Morgan fingerprint density at radius 1 is 1.33 bits per heavy atom. The van der Waals surface area contributed by atoms with E-state index in [0.717, 1.165) is 0 Å². The van der Waals surface area contributed by atoms with Crippen LogP contribution in [-0.2, 0) is 9.59 Å². The van der Waals surface area contributed by atoms with Crippen molar-refractivity contribution in [2.24, 2.45) is 5.41 Å². The predicted octanol–water partition coefficient (Wildman–Crippen LogP) is 2.16. The summed E-state index contributed by atoms with van der Waals surface area (Å²) in [4.78, 5) is 24.3. The summed E-state index contributed by atoms with van der Waals surface area (Å²) in [6.45, 7) is 3.38. The maximum absolute atomic E-state index is 13.3. The molecule has 5 nitrogen and oxygen atoms in total. The van der Waals surface area contributed by atoms with Gasteiger partial charge in [-0.05, 0) is 26.0 Å². The molecule has 1 rings (SSSR count). The monoisotopic (exact) mass is 297 g/mol. The highest BCUT2D eigenvalue weighted by atomic mass is 19.1. The molecule has 0 heterocycles. The summed E-state index contributed by atoms with van der Waals surface area (Å²) >= 11 is 0. The van der Waals surface area contributed by atoms with Crippen molar-refractivity contribution in [3.63, 3.8) is 0 Å². The number of benzene rings is 1. The van der Waals surface area contributed by atoms with E-state index in [0.29, 0.717) is 0 Å². The topological polar surface area (TPSA) is 66.8 Å². The smallest absolute Gasteiger partial charge is 0.309 e. The largest absolute Gasteiger partial charge is 0.489 e. The molecule has 6 heteroatoms. The van der Waals surface area contributed by atoms with Crippen molar-refractivity contribution < 1.29 is 23.8 Å². The van der Waals surface area contributed by atoms with Crippen LogP contribution < -0.4 is 4.74 Å². The van der Waals surface area contributed by atoms with Crippen LogP contribution in [0.25, 0.3) is 0 Å². The van der Waals surface area contributed by atoms with Crippen LogP contribution in [0.1, 0.15) is 20.3 Å². The Morgan fingerprint density at radius 3 is 2.52 bits per heavy atom. The van der Waals surface area contributed by atoms with E-state index in [9.17, 15) is 14.0 Å². The first-order valence-electron chi connectivity index (χ1n) is 6.59. The molecular weight excluding hydrogens is 277 g/mol. The lowest BCUT2D eigenvalue weighted by Crippen LogP contribution is -2.36. The van der Waals surface area contributed by atoms with Crippen molar-refractivity contribution in [1.82, 2.24) is 4.90 Å². The summed E-state index contributed by atoms with van der Waals surface area (Å²) in [5.41, 5.74) is -1.11. The molecule has 0 aromatic heterocycles. The molecule has 21 heavy (non-hydrogen) atoms. The summed E-state index contributed by atoms with van der Waals surface area (Å²) in [5.74, 6) is -1.64. The first kappa shape index (κ1) is 16.9. The van der Waals surface area contributed by atoms with E-state index < -0.39 is 17.2 Å². The van der Waals surface area contributed by atoms with Gasteiger partial charge in [-0.15, -0.1) is 0 Å². The number of ether oxygens (including phenoxy) is 1. The Balaban J connectivity index is 2.44. The maximum Gasteiger partial charge on any atom is 0.309 e. The van der Waals surface area contributed by atoms with Gasteiger partial charge in [-0.2, -0.15) is 0 Å². The molecule has 0 aliphatic heterocycles. The fourth-order valence-electron chi connectivity index (χ4n) is 1.57. The lowest BCUT2D eigenvalue weighted by atomic mass is 9.89. The van der Waals surface area contributed by atoms with E-state index in [1.54, 1.807) is 19.2 Å². The van der Waals surface area contributed by atoms with Gasteiger partial charge in [0.25, 0.3) is 0 Å². The Labute approximate surface area is 123 Å². The molecule has 0 saturated carbocycles. The lowest BCUT2D eigenvalue weighted by Gasteiger charge is -2.23. The number of aliphatic carboxylic acids is 1. The Morgan fingerprint density at radius 2 is 1.95 bits per heavy atom. The van der Waals surface area contributed by atoms with Gasteiger partial charge < -0.3 is 14.7 Å². The van der Waals surface area contributed by atoms with Crippen LogP contribution in [0.15, 0.2) is 24.3 Å². The average molecular weight is 297 g/mol. The predicted molar refractivity (Wildman–Crippen MR) is 75.6 cm³/mol. The summed E-state index contributed by atoms with van der Waals surface area (Å²) in [5, 5.41) is 8.99. The Bertz CT molecular complexity index is 516. The standard InChI is InChI=1S/C15H20FNO4/c1-15(2,14(19)20)10-13(18)17(3)8-9-21-12-7-5-4-6-11(12)16/h4-7H,8-10H2,1-3H3,(H,19,20). The molecule has 0 atom stereocenters. The molecule has 1 aromatic rings.